The van der Waals surface area contributed by atoms with Crippen LogP contribution in [-0.2, 0) is 0 Å². The van der Waals surface area contributed by atoms with Gasteiger partial charge in [0.25, 0.3) is 0 Å². The molecule has 0 amide bonds. The number of phenols is 2. The van der Waals surface area contributed by atoms with Crippen LogP contribution in [0.4, 0.5) is 0 Å². The van der Waals surface area contributed by atoms with Crippen LogP contribution in [-0.4, -0.2) is 20.9 Å². The van der Waals surface area contributed by atoms with Crippen LogP contribution in [0.5, 0.6) is 11.5 Å². The molecule has 0 aliphatic carbocycles. The van der Waals surface area contributed by atoms with Gasteiger partial charge < -0.3 is 15.3 Å². The molecule has 0 bridgehead atoms. The third kappa shape index (κ3) is 9.57. The number of aromatic hydroxyl groups is 2. The zero-order valence-electron chi connectivity index (χ0n) is 22.1. The fourth-order valence-electron chi connectivity index (χ4n) is 4.48. The molecule has 1 aromatic carbocycles. The molecule has 0 aromatic heterocycles. The van der Waals surface area contributed by atoms with Crippen molar-refractivity contribution in [3.63, 3.8) is 0 Å². The van der Waals surface area contributed by atoms with Gasteiger partial charge in [0.15, 0.2) is 0 Å². The lowest BCUT2D eigenvalue weighted by atomic mass is 9.89. The Morgan fingerprint density at radius 1 is 0.719 bits per heavy atom. The zero-order chi connectivity index (χ0) is 24.5. The van der Waals surface area contributed by atoms with E-state index in [9.17, 15) is 15.3 Å². The Hall–Kier alpha value is -1.48. The maximum atomic E-state index is 10.8. The minimum atomic E-state index is -0.933. The molecule has 3 N–H and O–H groups in total. The van der Waals surface area contributed by atoms with E-state index in [1.165, 1.54) is 38.5 Å². The van der Waals surface area contributed by atoms with Gasteiger partial charge in [-0.25, -0.2) is 0 Å². The van der Waals surface area contributed by atoms with Gasteiger partial charge in [0, 0.05) is 11.1 Å². The molecule has 0 spiro atoms. The molecule has 3 heteroatoms. The van der Waals surface area contributed by atoms with E-state index < -0.39 is 5.60 Å². The first-order valence-corrected chi connectivity index (χ1v) is 12.8. The van der Waals surface area contributed by atoms with Crippen molar-refractivity contribution >= 4 is 6.08 Å². The van der Waals surface area contributed by atoms with Gasteiger partial charge in [-0.15, -0.1) is 0 Å². The second-order valence-electron chi connectivity index (χ2n) is 11.0. The van der Waals surface area contributed by atoms with Gasteiger partial charge in [-0.1, -0.05) is 91.2 Å². The van der Waals surface area contributed by atoms with Crippen molar-refractivity contribution in [2.75, 3.05) is 0 Å². The molecule has 0 saturated heterocycles. The third-order valence-corrected chi connectivity index (χ3v) is 7.15. The van der Waals surface area contributed by atoms with Crippen LogP contribution in [0.25, 0.3) is 6.08 Å². The maximum absolute atomic E-state index is 10.8. The Bertz CT molecular complexity index is 701. The first-order chi connectivity index (χ1) is 14.9. The number of benzene rings is 1. The molecule has 0 aliphatic heterocycles. The lowest BCUT2D eigenvalue weighted by Crippen LogP contribution is -2.20. The number of rotatable bonds is 14. The largest absolute Gasteiger partial charge is 0.507 e. The maximum Gasteiger partial charge on any atom is 0.126 e. The number of phenolic OH excluding ortho intramolecular Hbond substituents is 2. The van der Waals surface area contributed by atoms with Crippen LogP contribution in [0.2, 0.25) is 0 Å². The van der Waals surface area contributed by atoms with Crippen molar-refractivity contribution in [2.45, 2.75) is 119 Å². The lowest BCUT2D eigenvalue weighted by Gasteiger charge is -2.21. The normalized spacial score (nSPS) is 15.9. The van der Waals surface area contributed by atoms with E-state index in [-0.39, 0.29) is 11.5 Å². The highest BCUT2D eigenvalue weighted by atomic mass is 16.3. The van der Waals surface area contributed by atoms with Crippen molar-refractivity contribution in [1.29, 1.82) is 0 Å². The van der Waals surface area contributed by atoms with Crippen molar-refractivity contribution in [3.05, 3.63) is 28.3 Å². The van der Waals surface area contributed by atoms with Gasteiger partial charge in [-0.2, -0.15) is 0 Å². The minimum Gasteiger partial charge on any atom is -0.507 e. The highest BCUT2D eigenvalue weighted by molar-refractivity contribution is 5.69. The summed E-state index contributed by atoms with van der Waals surface area (Å²) in [4.78, 5) is 0. The van der Waals surface area contributed by atoms with Crippen LogP contribution >= 0.6 is 0 Å². The molecule has 1 aromatic rings. The Balaban J connectivity index is 2.44. The summed E-state index contributed by atoms with van der Waals surface area (Å²) in [5.41, 5.74) is 1.67. The smallest absolute Gasteiger partial charge is 0.126 e. The van der Waals surface area contributed by atoms with E-state index in [0.29, 0.717) is 34.6 Å². The molecule has 32 heavy (non-hydrogen) atoms. The molecule has 3 atom stereocenters. The summed E-state index contributed by atoms with van der Waals surface area (Å²) in [6.07, 6.45) is 14.3. The molecular formula is C29H50O3. The van der Waals surface area contributed by atoms with Gasteiger partial charge in [-0.05, 0) is 63.0 Å². The quantitative estimate of drug-likeness (QED) is 0.252. The van der Waals surface area contributed by atoms with E-state index >= 15 is 0 Å². The second-order valence-corrected chi connectivity index (χ2v) is 11.0. The summed E-state index contributed by atoms with van der Waals surface area (Å²) in [6.45, 7) is 16.5. The molecule has 0 radical (unpaired) electrons. The van der Waals surface area contributed by atoms with E-state index in [0.717, 1.165) is 24.7 Å². The minimum absolute atomic E-state index is 0.178. The van der Waals surface area contributed by atoms with Crippen molar-refractivity contribution in [2.24, 2.45) is 17.8 Å². The molecule has 0 unspecified atom stereocenters. The molecular weight excluding hydrogens is 396 g/mol. The van der Waals surface area contributed by atoms with E-state index in [1.807, 2.05) is 6.92 Å². The molecule has 3 nitrogen and oxygen atoms in total. The fraction of sp³-hybridized carbons (Fsp3) is 0.724. The Morgan fingerprint density at radius 3 is 1.72 bits per heavy atom. The summed E-state index contributed by atoms with van der Waals surface area (Å²) < 4.78 is 0. The third-order valence-electron chi connectivity index (χ3n) is 7.15. The first kappa shape index (κ1) is 28.6. The summed E-state index contributed by atoms with van der Waals surface area (Å²) in [5.74, 6) is 2.72. The average molecular weight is 447 g/mol. The lowest BCUT2D eigenvalue weighted by molar-refractivity contribution is 0.0979. The zero-order valence-corrected chi connectivity index (χ0v) is 22.1. The van der Waals surface area contributed by atoms with Crippen LogP contribution < -0.4 is 0 Å². The van der Waals surface area contributed by atoms with Crippen LogP contribution in [0.15, 0.2) is 6.08 Å². The molecule has 0 aliphatic rings. The molecule has 1 rings (SSSR count). The second kappa shape index (κ2) is 13.3. The predicted molar refractivity (Wildman–Crippen MR) is 138 cm³/mol. The van der Waals surface area contributed by atoms with Crippen molar-refractivity contribution in [1.82, 2.24) is 0 Å². The van der Waals surface area contributed by atoms with Gasteiger partial charge in [0.05, 0.1) is 5.60 Å². The molecule has 0 saturated carbocycles. The molecule has 0 fully saturated rings. The topological polar surface area (TPSA) is 60.7 Å². The van der Waals surface area contributed by atoms with Gasteiger partial charge in [0.1, 0.15) is 11.5 Å². The summed E-state index contributed by atoms with van der Waals surface area (Å²) in [7, 11) is 0. The van der Waals surface area contributed by atoms with Gasteiger partial charge in [0.2, 0.25) is 0 Å². The summed E-state index contributed by atoms with van der Waals surface area (Å²) in [6, 6.07) is 0. The van der Waals surface area contributed by atoms with E-state index in [2.05, 4.69) is 27.7 Å². The van der Waals surface area contributed by atoms with Crippen LogP contribution in [0.3, 0.4) is 0 Å². The monoisotopic (exact) mass is 446 g/mol. The SMILES string of the molecule is Cc1c(C)c(O)c(C=C[C@@](C)(O)CCC[C@H](C)CCC[C@H](C)CCCC(C)C)c(C)c1O. The van der Waals surface area contributed by atoms with Crippen LogP contribution in [0, 0.1) is 38.5 Å². The Labute approximate surface area is 198 Å². The highest BCUT2D eigenvalue weighted by Crippen LogP contribution is 2.37. The van der Waals surface area contributed by atoms with Crippen molar-refractivity contribution in [3.8, 4) is 11.5 Å². The number of hydrogen-bond donors (Lipinski definition) is 3. The molecule has 184 valence electrons. The Kier molecular flexibility index (Phi) is 11.9. The summed E-state index contributed by atoms with van der Waals surface area (Å²) >= 11 is 0. The molecule has 0 heterocycles. The van der Waals surface area contributed by atoms with E-state index in [4.69, 9.17) is 0 Å². The van der Waals surface area contributed by atoms with Crippen LogP contribution in [0.1, 0.15) is 115 Å². The fourth-order valence-corrected chi connectivity index (χ4v) is 4.48. The highest BCUT2D eigenvalue weighted by Gasteiger charge is 2.19. The predicted octanol–water partition coefficient (Wildman–Crippen LogP) is 8.23. The van der Waals surface area contributed by atoms with E-state index in [1.54, 1.807) is 32.9 Å². The van der Waals surface area contributed by atoms with Crippen molar-refractivity contribution < 1.29 is 15.3 Å². The number of hydrogen-bond acceptors (Lipinski definition) is 3. The Morgan fingerprint density at radius 2 is 1.19 bits per heavy atom. The average Bonchev–Trinajstić information content (AvgIpc) is 2.70. The standard InChI is InChI=1S/C29H50O3/c1-20(2)12-9-13-21(3)14-10-15-22(4)16-11-18-29(8,32)19-17-26-25(7)27(30)23(5)24(6)28(26)31/h17,19-22,30-32H,9-16,18H2,1-8H3/t21-,22-,29+/m1/s1. The van der Waals surface area contributed by atoms with Gasteiger partial charge >= 0.3 is 0 Å². The van der Waals surface area contributed by atoms with Gasteiger partial charge in [-0.3, -0.25) is 0 Å². The number of aliphatic hydroxyl groups is 1. The summed E-state index contributed by atoms with van der Waals surface area (Å²) in [5, 5.41) is 31.6. The first-order valence-electron chi connectivity index (χ1n) is 12.8.